The SMILES string of the molecule is C=CCC[C@H](O)C[C@H](O)C=C. The average molecular weight is 156 g/mol. The molecule has 0 bridgehead atoms. The van der Waals surface area contributed by atoms with Crippen LogP contribution in [-0.2, 0) is 0 Å². The predicted molar refractivity (Wildman–Crippen MR) is 46.3 cm³/mol. The molecule has 0 radical (unpaired) electrons. The first kappa shape index (κ1) is 10.4. The smallest absolute Gasteiger partial charge is 0.0742 e. The van der Waals surface area contributed by atoms with Gasteiger partial charge in [-0.1, -0.05) is 12.2 Å². The lowest BCUT2D eigenvalue weighted by Crippen LogP contribution is -2.15. The van der Waals surface area contributed by atoms with Crippen molar-refractivity contribution in [1.82, 2.24) is 0 Å². The highest BCUT2D eigenvalue weighted by atomic mass is 16.3. The number of aliphatic hydroxyl groups excluding tert-OH is 2. The third-order valence-electron chi connectivity index (χ3n) is 1.49. The Bertz CT molecular complexity index is 121. The molecule has 2 nitrogen and oxygen atoms in total. The molecule has 0 unspecified atom stereocenters. The van der Waals surface area contributed by atoms with Crippen molar-refractivity contribution in [2.75, 3.05) is 0 Å². The largest absolute Gasteiger partial charge is 0.393 e. The molecule has 64 valence electrons. The third kappa shape index (κ3) is 5.83. The number of hydrogen-bond donors (Lipinski definition) is 2. The number of aliphatic hydroxyl groups is 2. The summed E-state index contributed by atoms with van der Waals surface area (Å²) in [5.74, 6) is 0. The molecule has 0 fully saturated rings. The van der Waals surface area contributed by atoms with E-state index in [2.05, 4.69) is 13.2 Å². The van der Waals surface area contributed by atoms with Crippen LogP contribution in [0.5, 0.6) is 0 Å². The van der Waals surface area contributed by atoms with E-state index in [0.29, 0.717) is 12.8 Å². The first-order chi connectivity index (χ1) is 5.20. The first-order valence-corrected chi connectivity index (χ1v) is 3.80. The van der Waals surface area contributed by atoms with Crippen LogP contribution in [-0.4, -0.2) is 22.4 Å². The highest BCUT2D eigenvalue weighted by Gasteiger charge is 2.07. The van der Waals surface area contributed by atoms with Gasteiger partial charge >= 0.3 is 0 Å². The van der Waals surface area contributed by atoms with Gasteiger partial charge in [-0.15, -0.1) is 13.2 Å². The average Bonchev–Trinajstić information content (AvgIpc) is 2.00. The van der Waals surface area contributed by atoms with Gasteiger partial charge in [0, 0.05) is 6.42 Å². The highest BCUT2D eigenvalue weighted by molar-refractivity contribution is 4.81. The molecule has 0 amide bonds. The van der Waals surface area contributed by atoms with Crippen LogP contribution in [0.1, 0.15) is 19.3 Å². The van der Waals surface area contributed by atoms with Crippen LogP contribution >= 0.6 is 0 Å². The Hall–Kier alpha value is -0.600. The molecule has 0 heterocycles. The lowest BCUT2D eigenvalue weighted by Gasteiger charge is -2.10. The Balaban J connectivity index is 3.42. The van der Waals surface area contributed by atoms with Gasteiger partial charge in [0.1, 0.15) is 0 Å². The Labute approximate surface area is 67.9 Å². The molecule has 0 aliphatic heterocycles. The molecule has 0 saturated heterocycles. The number of hydrogen-bond acceptors (Lipinski definition) is 2. The minimum absolute atomic E-state index is 0.372. The van der Waals surface area contributed by atoms with Gasteiger partial charge in [0.15, 0.2) is 0 Å². The van der Waals surface area contributed by atoms with Gasteiger partial charge in [0.25, 0.3) is 0 Å². The lowest BCUT2D eigenvalue weighted by molar-refractivity contribution is 0.0987. The van der Waals surface area contributed by atoms with Gasteiger partial charge in [-0.3, -0.25) is 0 Å². The molecule has 0 aromatic carbocycles. The molecular formula is C9H16O2. The van der Waals surface area contributed by atoms with Crippen molar-refractivity contribution in [3.63, 3.8) is 0 Å². The maximum absolute atomic E-state index is 9.23. The molecule has 0 aliphatic carbocycles. The molecule has 0 aromatic heterocycles. The molecule has 2 atom stereocenters. The van der Waals surface area contributed by atoms with E-state index in [1.807, 2.05) is 0 Å². The van der Waals surface area contributed by atoms with E-state index in [9.17, 15) is 5.11 Å². The maximum Gasteiger partial charge on any atom is 0.0742 e. The van der Waals surface area contributed by atoms with Gasteiger partial charge in [0.05, 0.1) is 12.2 Å². The zero-order valence-electron chi connectivity index (χ0n) is 6.74. The van der Waals surface area contributed by atoms with E-state index in [-0.39, 0.29) is 0 Å². The van der Waals surface area contributed by atoms with Crippen molar-refractivity contribution in [2.45, 2.75) is 31.5 Å². The summed E-state index contributed by atoms with van der Waals surface area (Å²) in [6.45, 7) is 6.95. The Morgan fingerprint density at radius 1 is 1.27 bits per heavy atom. The van der Waals surface area contributed by atoms with Gasteiger partial charge in [-0.05, 0) is 12.8 Å². The Morgan fingerprint density at radius 2 is 1.91 bits per heavy atom. The molecule has 2 N–H and O–H groups in total. The normalized spacial score (nSPS) is 15.5. The van der Waals surface area contributed by atoms with Crippen molar-refractivity contribution in [1.29, 1.82) is 0 Å². The lowest BCUT2D eigenvalue weighted by atomic mass is 10.1. The highest BCUT2D eigenvalue weighted by Crippen LogP contribution is 2.05. The summed E-state index contributed by atoms with van der Waals surface area (Å²) in [5.41, 5.74) is 0. The van der Waals surface area contributed by atoms with E-state index in [0.717, 1.165) is 6.42 Å². The van der Waals surface area contributed by atoms with E-state index in [1.54, 1.807) is 6.08 Å². The second-order valence-corrected chi connectivity index (χ2v) is 2.56. The summed E-state index contributed by atoms with van der Waals surface area (Å²) in [6.07, 6.45) is 3.97. The van der Waals surface area contributed by atoms with E-state index in [4.69, 9.17) is 5.11 Å². The maximum atomic E-state index is 9.23. The molecule has 0 aliphatic rings. The summed E-state index contributed by atoms with van der Waals surface area (Å²) in [6, 6.07) is 0. The summed E-state index contributed by atoms with van der Waals surface area (Å²) in [7, 11) is 0. The summed E-state index contributed by atoms with van der Waals surface area (Å²) in [5, 5.41) is 18.3. The van der Waals surface area contributed by atoms with Gasteiger partial charge < -0.3 is 10.2 Å². The van der Waals surface area contributed by atoms with Crippen LogP contribution in [0.3, 0.4) is 0 Å². The molecule has 0 saturated carbocycles. The van der Waals surface area contributed by atoms with Crippen LogP contribution < -0.4 is 0 Å². The second-order valence-electron chi connectivity index (χ2n) is 2.56. The van der Waals surface area contributed by atoms with Crippen LogP contribution in [0.15, 0.2) is 25.3 Å². The van der Waals surface area contributed by atoms with Crippen LogP contribution in [0.4, 0.5) is 0 Å². The molecule has 2 heteroatoms. The van der Waals surface area contributed by atoms with E-state index >= 15 is 0 Å². The number of rotatable bonds is 6. The monoisotopic (exact) mass is 156 g/mol. The zero-order valence-corrected chi connectivity index (χ0v) is 6.74. The van der Waals surface area contributed by atoms with Crippen molar-refractivity contribution >= 4 is 0 Å². The second kappa shape index (κ2) is 6.13. The Morgan fingerprint density at radius 3 is 2.36 bits per heavy atom. The molecule has 0 aromatic rings. The van der Waals surface area contributed by atoms with Gasteiger partial charge in [-0.2, -0.15) is 0 Å². The van der Waals surface area contributed by atoms with Crippen molar-refractivity contribution < 1.29 is 10.2 Å². The molecule has 0 spiro atoms. The standard InChI is InChI=1S/C9H16O2/c1-3-5-6-9(11)7-8(10)4-2/h3-4,8-11H,1-2,5-7H2/t8-,9+/m1/s1. The molecule has 11 heavy (non-hydrogen) atoms. The zero-order chi connectivity index (χ0) is 8.69. The van der Waals surface area contributed by atoms with Gasteiger partial charge in [-0.25, -0.2) is 0 Å². The topological polar surface area (TPSA) is 40.5 Å². The number of allylic oxidation sites excluding steroid dienone is 1. The third-order valence-corrected chi connectivity index (χ3v) is 1.49. The minimum atomic E-state index is -0.588. The fourth-order valence-electron chi connectivity index (χ4n) is 0.803. The summed E-state index contributed by atoms with van der Waals surface area (Å²) >= 11 is 0. The fraction of sp³-hybridized carbons (Fsp3) is 0.556. The molecule has 0 rings (SSSR count). The Kier molecular flexibility index (Phi) is 5.80. The van der Waals surface area contributed by atoms with E-state index in [1.165, 1.54) is 6.08 Å². The van der Waals surface area contributed by atoms with Crippen molar-refractivity contribution in [3.8, 4) is 0 Å². The summed E-state index contributed by atoms with van der Waals surface area (Å²) < 4.78 is 0. The van der Waals surface area contributed by atoms with Crippen LogP contribution in [0.2, 0.25) is 0 Å². The van der Waals surface area contributed by atoms with Crippen molar-refractivity contribution in [2.24, 2.45) is 0 Å². The molecular weight excluding hydrogens is 140 g/mol. The first-order valence-electron chi connectivity index (χ1n) is 3.80. The van der Waals surface area contributed by atoms with E-state index < -0.39 is 12.2 Å². The van der Waals surface area contributed by atoms with Gasteiger partial charge in [0.2, 0.25) is 0 Å². The van der Waals surface area contributed by atoms with Crippen LogP contribution in [0, 0.1) is 0 Å². The summed E-state index contributed by atoms with van der Waals surface area (Å²) in [4.78, 5) is 0. The fourth-order valence-corrected chi connectivity index (χ4v) is 0.803. The quantitative estimate of drug-likeness (QED) is 0.568. The van der Waals surface area contributed by atoms with Crippen molar-refractivity contribution in [3.05, 3.63) is 25.3 Å². The van der Waals surface area contributed by atoms with Crippen LogP contribution in [0.25, 0.3) is 0 Å². The predicted octanol–water partition coefficient (Wildman–Crippen LogP) is 1.25. The minimum Gasteiger partial charge on any atom is -0.393 e.